The van der Waals surface area contributed by atoms with Gasteiger partial charge in [0.1, 0.15) is 92.8 Å². The van der Waals surface area contributed by atoms with Crippen molar-refractivity contribution in [2.45, 2.75) is 248 Å². The molecule has 5 aromatic carbocycles. The van der Waals surface area contributed by atoms with Crippen LogP contribution in [0.1, 0.15) is 298 Å². The number of methoxy groups -OCH3 is 1. The Labute approximate surface area is 769 Å². The van der Waals surface area contributed by atoms with Gasteiger partial charge in [-0.25, -0.2) is 60.1 Å². The van der Waals surface area contributed by atoms with Gasteiger partial charge < -0.3 is 78.0 Å². The number of anilines is 1. The Kier molecular flexibility index (Phi) is 27.7. The van der Waals surface area contributed by atoms with Crippen molar-refractivity contribution in [2.75, 3.05) is 26.1 Å². The molecule has 2 saturated carbocycles. The highest BCUT2D eigenvalue weighted by Crippen LogP contribution is 2.48. The summed E-state index contributed by atoms with van der Waals surface area (Å²) in [5.41, 5.74) is 1.38. The number of fused-ring (bicyclic) bond motifs is 4. The molecule has 35 heteroatoms. The Morgan fingerprint density at radius 3 is 1.15 bits per heavy atom. The average Bonchev–Trinajstić information content (AvgIpc) is 0.890. The molecule has 0 unspecified atom stereocenters. The van der Waals surface area contributed by atoms with E-state index in [1.807, 2.05) is 150 Å². The minimum atomic E-state index is -1.37. The van der Waals surface area contributed by atoms with Crippen molar-refractivity contribution >= 4 is 107 Å². The fourth-order valence-corrected chi connectivity index (χ4v) is 16.7. The normalized spacial score (nSPS) is 14.8. The molecule has 29 nitrogen and oxygen atoms in total. The third-order valence-electron chi connectivity index (χ3n) is 23.8. The highest BCUT2D eigenvalue weighted by atomic mass is 19.1. The molecule has 9 heterocycles. The fourth-order valence-electron chi connectivity index (χ4n) is 16.7. The molecule has 718 valence electrons. The number of nitrogen functional groups attached to an aromatic ring is 1. The summed E-state index contributed by atoms with van der Waals surface area (Å²) >= 11 is 0. The summed E-state index contributed by atoms with van der Waals surface area (Å²) in [5, 5.41) is 55.3. The lowest BCUT2D eigenvalue weighted by Crippen LogP contribution is -2.30. The van der Waals surface area contributed by atoms with Crippen molar-refractivity contribution in [3.05, 3.63) is 243 Å². The van der Waals surface area contributed by atoms with E-state index in [4.69, 9.17) is 30.2 Å². The Bertz CT molecular complexity index is 7260. The predicted octanol–water partition coefficient (Wildman–Crippen LogP) is 18.4. The summed E-state index contributed by atoms with van der Waals surface area (Å²) in [5.74, 6) is -10.4. The summed E-state index contributed by atoms with van der Waals surface area (Å²) in [6.07, 6.45) is 11.6. The van der Waals surface area contributed by atoms with E-state index in [0.717, 1.165) is 49.9 Å². The van der Waals surface area contributed by atoms with Crippen LogP contribution in [0.4, 0.5) is 32.0 Å². The average molecular weight is 1870 g/mol. The number of ether oxygens (including phenoxy) is 3. The zero-order valence-electron chi connectivity index (χ0n) is 79.3. The number of nitrogens with zero attached hydrogens (tertiary/aromatic N) is 7. The van der Waals surface area contributed by atoms with Gasteiger partial charge in [0, 0.05) is 95.2 Å². The third-order valence-corrected chi connectivity index (χ3v) is 23.8. The Balaban J connectivity index is 0.000000156. The largest absolute Gasteiger partial charge is 0.494 e. The second-order valence-electron chi connectivity index (χ2n) is 40.2. The molecule has 12 aromatic rings. The highest BCUT2D eigenvalue weighted by Gasteiger charge is 2.39. The van der Waals surface area contributed by atoms with E-state index in [2.05, 4.69) is 4.98 Å². The number of rotatable bonds is 11. The molecule has 0 amide bonds. The van der Waals surface area contributed by atoms with Gasteiger partial charge in [-0.15, -0.1) is 0 Å². The first-order valence-corrected chi connectivity index (χ1v) is 43.6. The van der Waals surface area contributed by atoms with Gasteiger partial charge in [-0.3, -0.25) is 28.8 Å². The number of hydrogen-bond acceptors (Lipinski definition) is 17. The molecule has 16 rings (SSSR count). The molecule has 4 aliphatic rings. The molecule has 135 heavy (non-hydrogen) atoms. The van der Waals surface area contributed by atoms with Crippen molar-refractivity contribution in [1.29, 1.82) is 0 Å². The summed E-state index contributed by atoms with van der Waals surface area (Å²) in [6.45, 7) is 42.3. The van der Waals surface area contributed by atoms with Crippen LogP contribution in [-0.2, 0) is 45.6 Å². The van der Waals surface area contributed by atoms with E-state index in [1.54, 1.807) is 41.9 Å². The topological polar surface area (TPSA) is 422 Å². The smallest absolute Gasteiger partial charge is 0.341 e. The van der Waals surface area contributed by atoms with Crippen LogP contribution >= 0.6 is 0 Å². The van der Waals surface area contributed by atoms with E-state index in [9.17, 15) is 104 Å². The van der Waals surface area contributed by atoms with Crippen LogP contribution in [0.5, 0.6) is 17.2 Å². The number of aromatic nitrogens is 7. The Morgan fingerprint density at radius 2 is 0.741 bits per heavy atom. The van der Waals surface area contributed by atoms with Crippen molar-refractivity contribution in [3.63, 3.8) is 0 Å². The predicted molar refractivity (Wildman–Crippen MR) is 500 cm³/mol. The molecule has 7 aromatic heterocycles. The second-order valence-corrected chi connectivity index (χ2v) is 40.2. The molecule has 0 bridgehead atoms. The summed E-state index contributed by atoms with van der Waals surface area (Å²) in [6, 6.07) is 8.97. The second kappa shape index (κ2) is 36.8. The molecule has 0 radical (unpaired) electrons. The van der Waals surface area contributed by atoms with Crippen LogP contribution in [-0.4, -0.2) is 119 Å². The van der Waals surface area contributed by atoms with Gasteiger partial charge in [-0.1, -0.05) is 125 Å². The number of carboxylic acid groups (broad SMARTS) is 6. The van der Waals surface area contributed by atoms with Crippen molar-refractivity contribution in [1.82, 2.24) is 32.4 Å². The molecule has 0 spiro atoms. The van der Waals surface area contributed by atoms with Crippen LogP contribution < -0.4 is 52.5 Å². The minimum absolute atomic E-state index is 0.0118. The van der Waals surface area contributed by atoms with Crippen LogP contribution in [0.15, 0.2) is 108 Å². The highest BCUT2D eigenvalue weighted by molar-refractivity contribution is 6.02. The number of pyridine rings is 7. The van der Waals surface area contributed by atoms with Crippen molar-refractivity contribution < 1.29 is 100.0 Å². The first-order valence-electron chi connectivity index (χ1n) is 43.6. The number of nitrogens with two attached hydrogens (primary N) is 1. The Hall–Kier alpha value is -13.9. The zero-order valence-corrected chi connectivity index (χ0v) is 79.3. The lowest BCUT2D eigenvalue weighted by atomic mass is 9.84. The SMILES string of the molecule is CC(C)(C)c1cc2c(cc1F)c(=O)c(C(=O)O)cn2C1CC1.CCn1cc(C(=O)O)c(=O)c2cc(F)c(C(C)(C)C)cc21.CCn1cc(C(=O)O)c(=O)c2cc(F)c(C(C)(C)C)nc21.COc1c(C(C)(C)C)c(F)cc2c(=O)c(C(=O)O)cn(C3CC3)c12.C[C@H]1COc2c(C(C)(C)C)c(F)c(N)c3c(=O)c(C(=O)O)cn1c23.C[C@H]1COc2c(C(C)(C)C)c(F)cc3c(=O)c(C(=O)O)cn1c23. The maximum atomic E-state index is 14.9. The number of benzene rings is 5. The van der Waals surface area contributed by atoms with Gasteiger partial charge in [-0.2, -0.15) is 0 Å². The number of hydrogen-bond donors (Lipinski definition) is 7. The minimum Gasteiger partial charge on any atom is -0.494 e. The molecule has 2 atom stereocenters. The third kappa shape index (κ3) is 19.6. The van der Waals surface area contributed by atoms with E-state index in [-0.39, 0.29) is 120 Å². The number of aryl methyl sites for hydroxylation is 2. The number of halogens is 6. The van der Waals surface area contributed by atoms with Gasteiger partial charge in [0.15, 0.2) is 11.6 Å². The van der Waals surface area contributed by atoms with Crippen LogP contribution in [0.2, 0.25) is 0 Å². The van der Waals surface area contributed by atoms with E-state index < -0.39 is 141 Å². The van der Waals surface area contributed by atoms with E-state index in [0.29, 0.717) is 80.1 Å². The summed E-state index contributed by atoms with van der Waals surface area (Å²) in [7, 11) is 1.44. The maximum absolute atomic E-state index is 14.9. The lowest BCUT2D eigenvalue weighted by molar-refractivity contribution is 0.0683. The van der Waals surface area contributed by atoms with Crippen molar-refractivity contribution in [2.24, 2.45) is 0 Å². The van der Waals surface area contributed by atoms with E-state index >= 15 is 0 Å². The maximum Gasteiger partial charge on any atom is 0.341 e. The van der Waals surface area contributed by atoms with E-state index in [1.165, 1.54) is 50.4 Å². The fraction of sp³-hybridized carbons (Fsp3) is 0.410. The number of aromatic carboxylic acids is 6. The molecule has 2 aliphatic heterocycles. The first kappa shape index (κ1) is 102. The van der Waals surface area contributed by atoms with Crippen LogP contribution in [0.25, 0.3) is 65.5 Å². The molecule has 0 saturated heterocycles. The van der Waals surface area contributed by atoms with Gasteiger partial charge in [0.2, 0.25) is 32.6 Å². The van der Waals surface area contributed by atoms with Gasteiger partial charge in [0.05, 0.1) is 79.7 Å². The molecule has 2 fully saturated rings. The Morgan fingerprint density at radius 1 is 0.400 bits per heavy atom. The number of carboxylic acids is 6. The monoisotopic (exact) mass is 1870 g/mol. The summed E-state index contributed by atoms with van der Waals surface area (Å²) < 4.78 is 114. The summed E-state index contributed by atoms with van der Waals surface area (Å²) in [4.78, 5) is 146. The number of carbonyl (C=O) groups is 6. The molecule has 2 aliphatic carbocycles. The van der Waals surface area contributed by atoms with Gasteiger partial charge >= 0.3 is 35.8 Å². The van der Waals surface area contributed by atoms with Crippen LogP contribution in [0.3, 0.4) is 0 Å². The van der Waals surface area contributed by atoms with Gasteiger partial charge in [0.25, 0.3) is 0 Å². The van der Waals surface area contributed by atoms with Gasteiger partial charge in [-0.05, 0) is 134 Å². The zero-order chi connectivity index (χ0) is 101. The molecular formula is C100H110F6N8O21. The molecular weight excluding hydrogens is 1760 g/mol. The lowest BCUT2D eigenvalue weighted by Gasteiger charge is -2.32. The standard InChI is InChI=1S/C18H20FNO4.C17H19FN2O4.C17H18FNO4.C17H18FNO3.C16H18FNO3.C15H17FN2O3/c1-18(2,3)13-12(19)7-10-14(16(13)24-4)20(9-5-6-9)8-11(15(10)21)17(22)23;1-7-6-24-15-10(17(2,3)4)11(18)12(19)9-13(15)20(7)5-8(14(9)21)16(22)23;1-8-7-23-15-12(17(2,3)4)11(18)5-9-13(15)19(8)6-10(14(9)20)16(21)22;1-17(2,3)12-7-14-10(6-13(12)18)15(20)11(16(21)22)8-19(14)9-4-5-9;1-5-18-8-10(15(20)21)14(19)9-6-12(17)11(7-13(9)18)16(2,3)4;1-5-18-7-9(14(20)21)11(19)8-6-10(16)12(15(2,3)4)17-13(8)18/h7-9H,5-6H2,1-4H3,(H,22,23);5,7H,6,19H2,1-4H3,(H,22,23);5-6,8H,7H2,1-4H3,(H,21,22);6-9H,4-5H2,1-3H3,(H,21,22);6-8H,5H2,1-4H3,(H,20,21);6-7H,5H2,1-4H3,(H,20,21)/t;7-;8-;;;/m.00.../s1. The first-order chi connectivity index (χ1) is 62.4. The quantitative estimate of drug-likeness (QED) is 0.0467. The van der Waals surface area contributed by atoms with Crippen molar-refractivity contribution in [3.8, 4) is 17.2 Å². The van der Waals surface area contributed by atoms with Crippen LogP contribution in [0, 0.1) is 34.9 Å². The molecule has 8 N–H and O–H groups in total.